The molecule has 0 spiro atoms. The Kier molecular flexibility index (Phi) is 6.09. The van der Waals surface area contributed by atoms with Crippen LogP contribution < -0.4 is 0 Å². The fourth-order valence-electron chi connectivity index (χ4n) is 8.16. The van der Waals surface area contributed by atoms with Crippen molar-refractivity contribution in [2.24, 2.45) is 0 Å². The standard InChI is InChI=1S/C48H28S2/c1-2-12-30(13-3-1)46-36-17-6-8-19-38(36)47(39-20-9-7-18-37(39)46)33-15-10-14-31(25-33)32-22-23-35-41-27-42-40-24-21-29-11-4-5-16-34(29)48(40)50-45(42)28-44(41)49-43(35)26-32/h1-28H. The van der Waals surface area contributed by atoms with Crippen molar-refractivity contribution in [2.75, 3.05) is 0 Å². The topological polar surface area (TPSA) is 0 Å². The van der Waals surface area contributed by atoms with Crippen LogP contribution in [-0.4, -0.2) is 0 Å². The van der Waals surface area contributed by atoms with E-state index in [-0.39, 0.29) is 0 Å². The van der Waals surface area contributed by atoms with E-state index in [9.17, 15) is 0 Å². The first-order valence-corrected chi connectivity index (χ1v) is 18.7. The average molecular weight is 669 g/mol. The Morgan fingerprint density at radius 3 is 1.56 bits per heavy atom. The van der Waals surface area contributed by atoms with Gasteiger partial charge in [-0.2, -0.15) is 0 Å². The minimum atomic E-state index is 1.24. The zero-order chi connectivity index (χ0) is 32.8. The van der Waals surface area contributed by atoms with Crippen molar-refractivity contribution >= 4 is 95.3 Å². The lowest BCUT2D eigenvalue weighted by Gasteiger charge is -2.18. The van der Waals surface area contributed by atoms with E-state index in [4.69, 9.17) is 0 Å². The van der Waals surface area contributed by atoms with E-state index in [1.54, 1.807) is 0 Å². The molecule has 2 heterocycles. The SMILES string of the molecule is c1ccc(-c2c3ccccc3c(-c3cccc(-c4ccc5c(c4)sc4cc6sc7c8ccccc8ccc7c6cc45)c3)c3ccccc23)cc1. The molecular weight excluding hydrogens is 641 g/mol. The normalized spacial score (nSPS) is 12.0. The average Bonchev–Trinajstić information content (AvgIpc) is 3.73. The first-order valence-electron chi connectivity index (χ1n) is 17.1. The van der Waals surface area contributed by atoms with Gasteiger partial charge in [0, 0.05) is 40.3 Å². The fourth-order valence-corrected chi connectivity index (χ4v) is 10.7. The van der Waals surface area contributed by atoms with E-state index in [1.807, 2.05) is 22.7 Å². The third-order valence-electron chi connectivity index (χ3n) is 10.4. The van der Waals surface area contributed by atoms with Crippen molar-refractivity contribution in [1.82, 2.24) is 0 Å². The predicted molar refractivity (Wildman–Crippen MR) is 221 cm³/mol. The maximum atomic E-state index is 2.44. The summed E-state index contributed by atoms with van der Waals surface area (Å²) in [4.78, 5) is 0. The second-order valence-electron chi connectivity index (χ2n) is 13.2. The van der Waals surface area contributed by atoms with Crippen LogP contribution in [-0.2, 0) is 0 Å². The van der Waals surface area contributed by atoms with E-state index >= 15 is 0 Å². The Morgan fingerprint density at radius 1 is 0.260 bits per heavy atom. The molecule has 0 aliphatic rings. The summed E-state index contributed by atoms with van der Waals surface area (Å²) in [5.74, 6) is 0. The third kappa shape index (κ3) is 4.16. The number of rotatable bonds is 3. The molecule has 9 aromatic carbocycles. The highest BCUT2D eigenvalue weighted by Gasteiger charge is 2.17. The molecule has 11 aromatic rings. The summed E-state index contributed by atoms with van der Waals surface area (Å²) in [6.45, 7) is 0. The summed E-state index contributed by atoms with van der Waals surface area (Å²) in [5.41, 5.74) is 7.57. The Labute approximate surface area is 297 Å². The molecule has 0 saturated heterocycles. The van der Waals surface area contributed by atoms with Gasteiger partial charge in [-0.25, -0.2) is 0 Å². The quantitative estimate of drug-likeness (QED) is 0.164. The largest absolute Gasteiger partial charge is 0.135 e. The number of hydrogen-bond donors (Lipinski definition) is 0. The lowest BCUT2D eigenvalue weighted by molar-refractivity contribution is 1.63. The van der Waals surface area contributed by atoms with Crippen molar-refractivity contribution in [1.29, 1.82) is 0 Å². The number of hydrogen-bond acceptors (Lipinski definition) is 2. The van der Waals surface area contributed by atoms with Gasteiger partial charge in [0.15, 0.2) is 0 Å². The first kappa shape index (κ1) is 28.1. The molecule has 0 radical (unpaired) electrons. The number of fused-ring (bicyclic) bond motifs is 10. The van der Waals surface area contributed by atoms with E-state index in [2.05, 4.69) is 170 Å². The summed E-state index contributed by atoms with van der Waals surface area (Å²) in [6.07, 6.45) is 0. The van der Waals surface area contributed by atoms with Crippen molar-refractivity contribution in [3.05, 3.63) is 170 Å². The molecule has 0 unspecified atom stereocenters. The minimum Gasteiger partial charge on any atom is -0.135 e. The summed E-state index contributed by atoms with van der Waals surface area (Å²) in [5, 5.41) is 13.2. The molecule has 0 aliphatic heterocycles. The van der Waals surface area contributed by atoms with E-state index in [1.165, 1.54) is 106 Å². The molecule has 2 heteroatoms. The molecule has 0 N–H and O–H groups in total. The lowest BCUT2D eigenvalue weighted by Crippen LogP contribution is -1.91. The molecule has 11 rings (SSSR count). The zero-order valence-corrected chi connectivity index (χ0v) is 28.6. The van der Waals surface area contributed by atoms with Gasteiger partial charge >= 0.3 is 0 Å². The molecule has 0 atom stereocenters. The minimum absolute atomic E-state index is 1.24. The highest BCUT2D eigenvalue weighted by atomic mass is 32.1. The smallest absolute Gasteiger partial charge is 0.0433 e. The molecule has 0 saturated carbocycles. The second kappa shape index (κ2) is 10.9. The van der Waals surface area contributed by atoms with Crippen molar-refractivity contribution in [3.8, 4) is 33.4 Å². The molecule has 50 heavy (non-hydrogen) atoms. The third-order valence-corrected chi connectivity index (χ3v) is 12.8. The lowest BCUT2D eigenvalue weighted by atomic mass is 9.85. The van der Waals surface area contributed by atoms with Crippen LogP contribution in [0.1, 0.15) is 0 Å². The predicted octanol–water partition coefficient (Wildman–Crippen LogP) is 14.9. The van der Waals surface area contributed by atoms with Crippen LogP contribution in [0.4, 0.5) is 0 Å². The summed E-state index contributed by atoms with van der Waals surface area (Å²) in [6, 6.07) is 63.0. The van der Waals surface area contributed by atoms with E-state index < -0.39 is 0 Å². The Bertz CT molecular complexity index is 3080. The Hall–Kier alpha value is -5.80. The highest BCUT2D eigenvalue weighted by Crippen LogP contribution is 2.46. The molecule has 0 amide bonds. The fraction of sp³-hybridized carbons (Fsp3) is 0. The summed E-state index contributed by atoms with van der Waals surface area (Å²) in [7, 11) is 0. The van der Waals surface area contributed by atoms with Gasteiger partial charge in [0.25, 0.3) is 0 Å². The summed E-state index contributed by atoms with van der Waals surface area (Å²) >= 11 is 3.83. The molecule has 0 bridgehead atoms. The van der Waals surface area contributed by atoms with Gasteiger partial charge in [0.1, 0.15) is 0 Å². The summed E-state index contributed by atoms with van der Waals surface area (Å²) < 4.78 is 5.43. The number of thiophene rings is 2. The maximum Gasteiger partial charge on any atom is 0.0433 e. The Balaban J connectivity index is 1.07. The number of benzene rings is 9. The van der Waals surface area contributed by atoms with Crippen LogP contribution in [0.25, 0.3) is 106 Å². The Morgan fingerprint density at radius 2 is 0.800 bits per heavy atom. The van der Waals surface area contributed by atoms with E-state index in [0.717, 1.165) is 0 Å². The van der Waals surface area contributed by atoms with Crippen LogP contribution in [0.2, 0.25) is 0 Å². The highest BCUT2D eigenvalue weighted by molar-refractivity contribution is 7.28. The zero-order valence-electron chi connectivity index (χ0n) is 27.0. The molecule has 0 fully saturated rings. The van der Waals surface area contributed by atoms with Crippen LogP contribution in [0, 0.1) is 0 Å². The van der Waals surface area contributed by atoms with Crippen LogP contribution >= 0.6 is 22.7 Å². The van der Waals surface area contributed by atoms with Gasteiger partial charge in [-0.15, -0.1) is 22.7 Å². The van der Waals surface area contributed by atoms with Gasteiger partial charge in [-0.3, -0.25) is 0 Å². The molecule has 232 valence electrons. The van der Waals surface area contributed by atoms with Crippen LogP contribution in [0.5, 0.6) is 0 Å². The van der Waals surface area contributed by atoms with Crippen molar-refractivity contribution < 1.29 is 0 Å². The molecule has 0 aliphatic carbocycles. The van der Waals surface area contributed by atoms with Crippen molar-refractivity contribution in [3.63, 3.8) is 0 Å². The second-order valence-corrected chi connectivity index (χ2v) is 15.3. The van der Waals surface area contributed by atoms with E-state index in [0.29, 0.717) is 0 Å². The maximum absolute atomic E-state index is 2.44. The molecular formula is C48H28S2. The molecule has 0 nitrogen and oxygen atoms in total. The van der Waals surface area contributed by atoms with Gasteiger partial charge in [0.05, 0.1) is 0 Å². The van der Waals surface area contributed by atoms with Crippen LogP contribution in [0.15, 0.2) is 170 Å². The monoisotopic (exact) mass is 668 g/mol. The van der Waals surface area contributed by atoms with Gasteiger partial charge in [-0.1, -0.05) is 146 Å². The first-order chi connectivity index (χ1) is 24.8. The van der Waals surface area contributed by atoms with Crippen molar-refractivity contribution in [2.45, 2.75) is 0 Å². The molecule has 2 aromatic heterocycles. The van der Waals surface area contributed by atoms with Gasteiger partial charge in [0.2, 0.25) is 0 Å². The van der Waals surface area contributed by atoms with Gasteiger partial charge in [-0.05, 0) is 90.0 Å². The van der Waals surface area contributed by atoms with Gasteiger partial charge < -0.3 is 0 Å². The van der Waals surface area contributed by atoms with Crippen LogP contribution in [0.3, 0.4) is 0 Å².